The normalized spacial score (nSPS) is 28.5. The Hall–Kier alpha value is -1.14. The van der Waals surface area contributed by atoms with Gasteiger partial charge < -0.3 is 14.5 Å². The van der Waals surface area contributed by atoms with Crippen LogP contribution in [-0.4, -0.2) is 53.4 Å². The first-order valence-corrected chi connectivity index (χ1v) is 7.52. The lowest BCUT2D eigenvalue weighted by Crippen LogP contribution is -2.40. The fraction of sp³-hybridized carbons (Fsp3) is 0.857. The fourth-order valence-electron chi connectivity index (χ4n) is 3.81. The number of rotatable bonds is 6. The van der Waals surface area contributed by atoms with E-state index in [1.165, 1.54) is 25.7 Å². The molecule has 1 aromatic heterocycles. The molecule has 20 heavy (non-hydrogen) atoms. The standard InChI is InChI=1S/C14H24N4O2/c1-17(2)14-15-13(20-16-14)9-18(5-6-19)12-8-10-3-4-11(12)7-10/h10-12,19H,3-9H2,1-2H3. The Bertz CT molecular complexity index is 448. The first-order chi connectivity index (χ1) is 9.67. The molecule has 0 aromatic carbocycles. The predicted molar refractivity (Wildman–Crippen MR) is 75.4 cm³/mol. The van der Waals surface area contributed by atoms with Gasteiger partial charge in [0.1, 0.15) is 0 Å². The molecule has 0 saturated heterocycles. The minimum absolute atomic E-state index is 0.183. The van der Waals surface area contributed by atoms with Crippen LogP contribution in [0.15, 0.2) is 4.52 Å². The van der Waals surface area contributed by atoms with Gasteiger partial charge in [0.25, 0.3) is 5.95 Å². The highest BCUT2D eigenvalue weighted by molar-refractivity contribution is 5.23. The van der Waals surface area contributed by atoms with Gasteiger partial charge in [0.05, 0.1) is 13.2 Å². The zero-order valence-electron chi connectivity index (χ0n) is 12.3. The summed E-state index contributed by atoms with van der Waals surface area (Å²) in [7, 11) is 3.80. The summed E-state index contributed by atoms with van der Waals surface area (Å²) in [5.74, 6) is 2.94. The topological polar surface area (TPSA) is 65.6 Å². The molecule has 1 N–H and O–H groups in total. The Morgan fingerprint density at radius 3 is 2.70 bits per heavy atom. The zero-order valence-corrected chi connectivity index (χ0v) is 12.3. The van der Waals surface area contributed by atoms with Crippen LogP contribution in [0.2, 0.25) is 0 Å². The van der Waals surface area contributed by atoms with Crippen molar-refractivity contribution in [2.45, 2.75) is 38.3 Å². The summed E-state index contributed by atoms with van der Waals surface area (Å²) in [5.41, 5.74) is 0. The number of nitrogens with zero attached hydrogens (tertiary/aromatic N) is 4. The Kier molecular flexibility index (Phi) is 3.94. The van der Waals surface area contributed by atoms with E-state index >= 15 is 0 Å². The van der Waals surface area contributed by atoms with E-state index in [0.29, 0.717) is 31.0 Å². The maximum Gasteiger partial charge on any atom is 0.265 e. The van der Waals surface area contributed by atoms with Crippen LogP contribution in [0.5, 0.6) is 0 Å². The molecule has 2 bridgehead atoms. The first-order valence-electron chi connectivity index (χ1n) is 7.52. The average molecular weight is 280 g/mol. The summed E-state index contributed by atoms with van der Waals surface area (Å²) in [5, 5.41) is 13.3. The van der Waals surface area contributed by atoms with Crippen LogP contribution < -0.4 is 4.90 Å². The van der Waals surface area contributed by atoms with Crippen molar-refractivity contribution < 1.29 is 9.63 Å². The van der Waals surface area contributed by atoms with Crippen molar-refractivity contribution in [3.05, 3.63) is 5.89 Å². The van der Waals surface area contributed by atoms with E-state index in [4.69, 9.17) is 4.52 Å². The van der Waals surface area contributed by atoms with Crippen LogP contribution in [0.4, 0.5) is 5.95 Å². The maximum absolute atomic E-state index is 9.32. The van der Waals surface area contributed by atoms with E-state index < -0.39 is 0 Å². The molecule has 3 atom stereocenters. The van der Waals surface area contributed by atoms with Crippen molar-refractivity contribution in [1.82, 2.24) is 15.0 Å². The van der Waals surface area contributed by atoms with E-state index in [9.17, 15) is 5.11 Å². The van der Waals surface area contributed by atoms with E-state index in [2.05, 4.69) is 15.0 Å². The van der Waals surface area contributed by atoms with Gasteiger partial charge in [-0.2, -0.15) is 4.98 Å². The Labute approximate surface area is 119 Å². The van der Waals surface area contributed by atoms with Gasteiger partial charge in [0.2, 0.25) is 5.89 Å². The molecule has 0 aliphatic heterocycles. The molecule has 0 radical (unpaired) electrons. The minimum Gasteiger partial charge on any atom is -0.395 e. The summed E-state index contributed by atoms with van der Waals surface area (Å²) >= 11 is 0. The highest BCUT2D eigenvalue weighted by Gasteiger charge is 2.42. The lowest BCUT2D eigenvalue weighted by molar-refractivity contribution is 0.0953. The number of aromatic nitrogens is 2. The summed E-state index contributed by atoms with van der Waals surface area (Å²) < 4.78 is 5.32. The monoisotopic (exact) mass is 280 g/mol. The molecule has 0 amide bonds. The van der Waals surface area contributed by atoms with E-state index in [-0.39, 0.29) is 6.61 Å². The Balaban J connectivity index is 1.67. The molecule has 2 saturated carbocycles. The lowest BCUT2D eigenvalue weighted by atomic mass is 9.94. The van der Waals surface area contributed by atoms with Crippen molar-refractivity contribution in [3.8, 4) is 0 Å². The second-order valence-electron chi connectivity index (χ2n) is 6.32. The molecule has 3 unspecified atom stereocenters. The third-order valence-corrected chi connectivity index (χ3v) is 4.75. The zero-order chi connectivity index (χ0) is 14.1. The number of aliphatic hydroxyl groups is 1. The van der Waals surface area contributed by atoms with Gasteiger partial charge in [0.15, 0.2) is 0 Å². The Morgan fingerprint density at radius 2 is 2.15 bits per heavy atom. The second kappa shape index (κ2) is 5.69. The number of fused-ring (bicyclic) bond motifs is 2. The maximum atomic E-state index is 9.32. The van der Waals surface area contributed by atoms with Crippen molar-refractivity contribution in [2.75, 3.05) is 32.1 Å². The summed E-state index contributed by atoms with van der Waals surface area (Å²) in [6.45, 7) is 1.52. The molecule has 6 nitrogen and oxygen atoms in total. The molecule has 0 spiro atoms. The molecule has 1 aromatic rings. The number of hydrogen-bond donors (Lipinski definition) is 1. The second-order valence-corrected chi connectivity index (χ2v) is 6.32. The molecule has 112 valence electrons. The molecule has 2 aliphatic rings. The van der Waals surface area contributed by atoms with E-state index in [0.717, 1.165) is 11.8 Å². The summed E-state index contributed by atoms with van der Waals surface area (Å²) in [4.78, 5) is 8.55. The van der Waals surface area contributed by atoms with Gasteiger partial charge in [-0.05, 0) is 36.3 Å². The summed E-state index contributed by atoms with van der Waals surface area (Å²) in [6, 6.07) is 0.579. The quantitative estimate of drug-likeness (QED) is 0.842. The van der Waals surface area contributed by atoms with Gasteiger partial charge >= 0.3 is 0 Å². The van der Waals surface area contributed by atoms with Crippen LogP contribution >= 0.6 is 0 Å². The minimum atomic E-state index is 0.183. The number of hydrogen-bond acceptors (Lipinski definition) is 6. The van der Waals surface area contributed by atoms with Gasteiger partial charge in [-0.3, -0.25) is 4.90 Å². The predicted octanol–water partition coefficient (Wildman–Crippen LogP) is 1.12. The third-order valence-electron chi connectivity index (χ3n) is 4.75. The largest absolute Gasteiger partial charge is 0.395 e. The first kappa shape index (κ1) is 13.8. The van der Waals surface area contributed by atoms with Crippen molar-refractivity contribution >= 4 is 5.95 Å². The van der Waals surface area contributed by atoms with E-state index in [1.807, 2.05) is 19.0 Å². The highest BCUT2D eigenvalue weighted by atomic mass is 16.5. The van der Waals surface area contributed by atoms with Crippen molar-refractivity contribution in [2.24, 2.45) is 11.8 Å². The van der Waals surface area contributed by atoms with Gasteiger partial charge in [-0.15, -0.1) is 0 Å². The number of anilines is 1. The highest BCUT2D eigenvalue weighted by Crippen LogP contribution is 2.46. The van der Waals surface area contributed by atoms with Crippen LogP contribution in [0.25, 0.3) is 0 Å². The van der Waals surface area contributed by atoms with Crippen LogP contribution in [0, 0.1) is 11.8 Å². The van der Waals surface area contributed by atoms with Crippen LogP contribution in [-0.2, 0) is 6.54 Å². The van der Waals surface area contributed by atoms with E-state index in [1.54, 1.807) is 0 Å². The average Bonchev–Trinajstić information content (AvgIpc) is 3.14. The molecule has 2 aliphatic carbocycles. The molecular weight excluding hydrogens is 256 g/mol. The number of aliphatic hydroxyl groups excluding tert-OH is 1. The van der Waals surface area contributed by atoms with Crippen molar-refractivity contribution in [3.63, 3.8) is 0 Å². The molecular formula is C14H24N4O2. The van der Waals surface area contributed by atoms with Crippen LogP contribution in [0.1, 0.15) is 31.6 Å². The van der Waals surface area contributed by atoms with Gasteiger partial charge in [-0.25, -0.2) is 0 Å². The fourth-order valence-corrected chi connectivity index (χ4v) is 3.81. The lowest BCUT2D eigenvalue weighted by Gasteiger charge is -2.33. The molecule has 3 rings (SSSR count). The SMILES string of the molecule is CN(C)c1noc(CN(CCO)C2CC3CCC2C3)n1. The van der Waals surface area contributed by atoms with Crippen LogP contribution in [0.3, 0.4) is 0 Å². The molecule has 2 fully saturated rings. The smallest absolute Gasteiger partial charge is 0.265 e. The van der Waals surface area contributed by atoms with Crippen molar-refractivity contribution in [1.29, 1.82) is 0 Å². The van der Waals surface area contributed by atoms with Gasteiger partial charge in [-0.1, -0.05) is 6.42 Å². The third kappa shape index (κ3) is 2.67. The Morgan fingerprint density at radius 1 is 1.30 bits per heavy atom. The molecule has 6 heteroatoms. The molecule has 1 heterocycles. The summed E-state index contributed by atoms with van der Waals surface area (Å²) in [6.07, 6.45) is 5.35. The van der Waals surface area contributed by atoms with Gasteiger partial charge in [0, 0.05) is 26.7 Å².